The van der Waals surface area contributed by atoms with Crippen LogP contribution in [-0.2, 0) is 16.1 Å². The second kappa shape index (κ2) is 6.76. The van der Waals surface area contributed by atoms with Crippen molar-refractivity contribution in [2.45, 2.75) is 44.4 Å². The molecule has 3 heteroatoms. The average Bonchev–Trinajstić information content (AvgIpc) is 2.40. The van der Waals surface area contributed by atoms with Crippen LogP contribution in [0.1, 0.15) is 31.2 Å². The Kier molecular flexibility index (Phi) is 5.02. The fourth-order valence-electron chi connectivity index (χ4n) is 2.60. The van der Waals surface area contributed by atoms with Crippen LogP contribution in [-0.4, -0.2) is 26.4 Å². The lowest BCUT2D eigenvalue weighted by Crippen LogP contribution is -2.29. The highest BCUT2D eigenvalue weighted by Gasteiger charge is 2.20. The van der Waals surface area contributed by atoms with Gasteiger partial charge in [0.1, 0.15) is 0 Å². The Balaban J connectivity index is 1.87. The lowest BCUT2D eigenvalue weighted by Gasteiger charge is -2.29. The van der Waals surface area contributed by atoms with E-state index in [0.717, 1.165) is 12.8 Å². The number of hydrogen-bond donors (Lipinski definition) is 1. The third-order valence-corrected chi connectivity index (χ3v) is 3.62. The number of anilines is 1. The third kappa shape index (κ3) is 3.72. The minimum absolute atomic E-state index is 0.461. The van der Waals surface area contributed by atoms with Gasteiger partial charge < -0.3 is 14.8 Å². The maximum absolute atomic E-state index is 5.40. The van der Waals surface area contributed by atoms with Crippen LogP contribution in [0, 0.1) is 0 Å². The first kappa shape index (κ1) is 13.4. The van der Waals surface area contributed by atoms with Crippen molar-refractivity contribution in [2.24, 2.45) is 0 Å². The van der Waals surface area contributed by atoms with E-state index in [9.17, 15) is 0 Å². The molecule has 1 aromatic carbocycles. The molecule has 1 saturated carbocycles. The highest BCUT2D eigenvalue weighted by atomic mass is 16.5. The Labute approximate surface area is 109 Å². The standard InChI is InChI=1S/C15H23NO2/c1-17-11-12-4-3-5-14(10-12)16-13-6-8-15(18-2)9-7-13/h3-5,10,13,15-16H,6-9,11H2,1-2H3. The Morgan fingerprint density at radius 2 is 1.94 bits per heavy atom. The number of ether oxygens (including phenoxy) is 2. The third-order valence-electron chi connectivity index (χ3n) is 3.62. The summed E-state index contributed by atoms with van der Waals surface area (Å²) in [5.74, 6) is 0. The molecule has 3 nitrogen and oxygen atoms in total. The summed E-state index contributed by atoms with van der Waals surface area (Å²) in [6, 6.07) is 9.05. The van der Waals surface area contributed by atoms with Gasteiger partial charge in [-0.2, -0.15) is 0 Å². The van der Waals surface area contributed by atoms with Crippen molar-refractivity contribution >= 4 is 5.69 Å². The summed E-state index contributed by atoms with van der Waals surface area (Å²) in [5, 5.41) is 3.61. The highest BCUT2D eigenvalue weighted by molar-refractivity contribution is 5.46. The molecule has 0 radical (unpaired) electrons. The summed E-state index contributed by atoms with van der Waals surface area (Å²) < 4.78 is 10.6. The van der Waals surface area contributed by atoms with E-state index in [1.54, 1.807) is 7.11 Å². The normalized spacial score (nSPS) is 23.9. The van der Waals surface area contributed by atoms with E-state index in [1.807, 2.05) is 7.11 Å². The van der Waals surface area contributed by atoms with Crippen molar-refractivity contribution in [1.82, 2.24) is 0 Å². The van der Waals surface area contributed by atoms with Gasteiger partial charge in [0, 0.05) is 25.9 Å². The zero-order chi connectivity index (χ0) is 12.8. The van der Waals surface area contributed by atoms with Crippen molar-refractivity contribution in [3.05, 3.63) is 29.8 Å². The van der Waals surface area contributed by atoms with E-state index in [0.29, 0.717) is 18.8 Å². The molecule has 0 atom stereocenters. The smallest absolute Gasteiger partial charge is 0.0713 e. The lowest BCUT2D eigenvalue weighted by molar-refractivity contribution is 0.0682. The molecule has 100 valence electrons. The minimum Gasteiger partial charge on any atom is -0.382 e. The fourth-order valence-corrected chi connectivity index (χ4v) is 2.60. The van der Waals surface area contributed by atoms with Crippen molar-refractivity contribution in [2.75, 3.05) is 19.5 Å². The molecule has 0 unspecified atom stereocenters. The van der Waals surface area contributed by atoms with Crippen LogP contribution in [0.5, 0.6) is 0 Å². The molecule has 1 aliphatic carbocycles. The van der Waals surface area contributed by atoms with Crippen LogP contribution in [0.3, 0.4) is 0 Å². The zero-order valence-electron chi connectivity index (χ0n) is 11.3. The molecule has 18 heavy (non-hydrogen) atoms. The first-order valence-corrected chi connectivity index (χ1v) is 6.69. The number of benzene rings is 1. The predicted molar refractivity (Wildman–Crippen MR) is 73.8 cm³/mol. The van der Waals surface area contributed by atoms with Gasteiger partial charge in [-0.1, -0.05) is 12.1 Å². The molecule has 0 aliphatic heterocycles. The Morgan fingerprint density at radius 3 is 2.61 bits per heavy atom. The molecule has 0 amide bonds. The second-order valence-electron chi connectivity index (χ2n) is 4.99. The lowest BCUT2D eigenvalue weighted by atomic mass is 9.93. The Hall–Kier alpha value is -1.06. The summed E-state index contributed by atoms with van der Waals surface area (Å²) >= 11 is 0. The van der Waals surface area contributed by atoms with Gasteiger partial charge >= 0.3 is 0 Å². The number of rotatable bonds is 5. The Morgan fingerprint density at radius 1 is 1.17 bits per heavy atom. The van der Waals surface area contributed by atoms with Gasteiger partial charge in [0.05, 0.1) is 12.7 Å². The van der Waals surface area contributed by atoms with E-state index >= 15 is 0 Å². The van der Waals surface area contributed by atoms with Crippen LogP contribution in [0.2, 0.25) is 0 Å². The van der Waals surface area contributed by atoms with E-state index in [2.05, 4.69) is 29.6 Å². The van der Waals surface area contributed by atoms with Gasteiger partial charge in [-0.05, 0) is 43.4 Å². The van der Waals surface area contributed by atoms with Gasteiger partial charge in [-0.15, -0.1) is 0 Å². The molecule has 1 fully saturated rings. The molecule has 1 N–H and O–H groups in total. The summed E-state index contributed by atoms with van der Waals surface area (Å²) in [6.45, 7) is 0.673. The van der Waals surface area contributed by atoms with E-state index in [1.165, 1.54) is 24.1 Å². The molecule has 0 saturated heterocycles. The van der Waals surface area contributed by atoms with Crippen LogP contribution in [0.15, 0.2) is 24.3 Å². The first-order chi connectivity index (χ1) is 8.81. The molecule has 1 aromatic rings. The highest BCUT2D eigenvalue weighted by Crippen LogP contribution is 2.24. The number of methoxy groups -OCH3 is 2. The van der Waals surface area contributed by atoms with Gasteiger partial charge in [-0.25, -0.2) is 0 Å². The van der Waals surface area contributed by atoms with E-state index in [-0.39, 0.29) is 0 Å². The second-order valence-corrected chi connectivity index (χ2v) is 4.99. The van der Waals surface area contributed by atoms with Crippen molar-refractivity contribution in [3.8, 4) is 0 Å². The van der Waals surface area contributed by atoms with Crippen LogP contribution < -0.4 is 5.32 Å². The van der Waals surface area contributed by atoms with Crippen molar-refractivity contribution < 1.29 is 9.47 Å². The molecule has 0 aromatic heterocycles. The molecule has 2 rings (SSSR count). The molecule has 0 spiro atoms. The van der Waals surface area contributed by atoms with Crippen LogP contribution in [0.25, 0.3) is 0 Å². The van der Waals surface area contributed by atoms with E-state index < -0.39 is 0 Å². The van der Waals surface area contributed by atoms with E-state index in [4.69, 9.17) is 9.47 Å². The SMILES string of the molecule is COCc1cccc(NC2CCC(OC)CC2)c1. The topological polar surface area (TPSA) is 30.5 Å². The summed E-state index contributed by atoms with van der Waals surface area (Å²) in [6.07, 6.45) is 5.15. The predicted octanol–water partition coefficient (Wildman–Crippen LogP) is 3.20. The van der Waals surface area contributed by atoms with Crippen molar-refractivity contribution in [3.63, 3.8) is 0 Å². The fraction of sp³-hybridized carbons (Fsp3) is 0.600. The average molecular weight is 249 g/mol. The van der Waals surface area contributed by atoms with Gasteiger partial charge in [0.15, 0.2) is 0 Å². The zero-order valence-corrected chi connectivity index (χ0v) is 11.3. The van der Waals surface area contributed by atoms with Crippen LogP contribution in [0.4, 0.5) is 5.69 Å². The minimum atomic E-state index is 0.461. The van der Waals surface area contributed by atoms with Gasteiger partial charge in [0.25, 0.3) is 0 Å². The molecule has 1 aliphatic rings. The van der Waals surface area contributed by atoms with Gasteiger partial charge in [0.2, 0.25) is 0 Å². The molecule has 0 bridgehead atoms. The maximum Gasteiger partial charge on any atom is 0.0713 e. The molecular weight excluding hydrogens is 226 g/mol. The number of hydrogen-bond acceptors (Lipinski definition) is 3. The summed E-state index contributed by atoms with van der Waals surface area (Å²) in [5.41, 5.74) is 2.42. The Bertz CT molecular complexity index is 359. The van der Waals surface area contributed by atoms with Gasteiger partial charge in [-0.3, -0.25) is 0 Å². The molecular formula is C15H23NO2. The molecule has 0 heterocycles. The van der Waals surface area contributed by atoms with Crippen LogP contribution >= 0.6 is 0 Å². The summed E-state index contributed by atoms with van der Waals surface area (Å²) in [7, 11) is 3.54. The summed E-state index contributed by atoms with van der Waals surface area (Å²) in [4.78, 5) is 0. The quantitative estimate of drug-likeness (QED) is 0.869. The largest absolute Gasteiger partial charge is 0.382 e. The number of nitrogens with one attached hydrogen (secondary N) is 1. The van der Waals surface area contributed by atoms with Crippen molar-refractivity contribution in [1.29, 1.82) is 0 Å². The monoisotopic (exact) mass is 249 g/mol. The first-order valence-electron chi connectivity index (χ1n) is 6.69. The maximum atomic E-state index is 5.40.